The van der Waals surface area contributed by atoms with Gasteiger partial charge < -0.3 is 10.1 Å². The first kappa shape index (κ1) is 21.6. The predicted octanol–water partition coefficient (Wildman–Crippen LogP) is 4.94. The van der Waals surface area contributed by atoms with Crippen LogP contribution in [0.1, 0.15) is 34.5 Å². The number of aromatic nitrogens is 2. The Bertz CT molecular complexity index is 1000. The number of Topliss-reactive ketones (excluding diaryl/α,β-unsaturated/α-hetero) is 1. The highest BCUT2D eigenvalue weighted by Crippen LogP contribution is 2.34. The van der Waals surface area contributed by atoms with Gasteiger partial charge in [-0.25, -0.2) is 4.98 Å². The Hall–Kier alpha value is -2.61. The molecule has 1 fully saturated rings. The van der Waals surface area contributed by atoms with Gasteiger partial charge >= 0.3 is 0 Å². The number of hydrogen-bond donors (Lipinski definition) is 1. The Morgan fingerprint density at radius 3 is 2.74 bits per heavy atom. The molecule has 4 rings (SSSR count). The number of rotatable bonds is 9. The van der Waals surface area contributed by atoms with Crippen molar-refractivity contribution in [3.8, 4) is 11.3 Å². The van der Waals surface area contributed by atoms with Crippen molar-refractivity contribution in [2.24, 2.45) is 0 Å². The van der Waals surface area contributed by atoms with E-state index in [1.165, 1.54) is 16.9 Å². The van der Waals surface area contributed by atoms with Crippen LogP contribution in [0.5, 0.6) is 0 Å². The number of carbonyl (C=O) groups is 1. The molecule has 31 heavy (non-hydrogen) atoms. The summed E-state index contributed by atoms with van der Waals surface area (Å²) in [6, 6.07) is 12.0. The third-order valence-electron chi connectivity index (χ3n) is 5.34. The van der Waals surface area contributed by atoms with Crippen LogP contribution >= 0.6 is 11.3 Å². The molecule has 0 radical (unpaired) electrons. The number of nitrogens with zero attached hydrogens (tertiary/aromatic N) is 3. The third-order valence-corrected chi connectivity index (χ3v) is 6.35. The van der Waals surface area contributed by atoms with Crippen molar-refractivity contribution < 1.29 is 9.53 Å². The Morgan fingerprint density at radius 2 is 1.97 bits per heavy atom. The lowest BCUT2D eigenvalue weighted by Gasteiger charge is -2.26. The maximum atomic E-state index is 13.1. The first-order valence-corrected chi connectivity index (χ1v) is 11.6. The Morgan fingerprint density at radius 1 is 1.16 bits per heavy atom. The number of ether oxygens (including phenoxy) is 1. The van der Waals surface area contributed by atoms with E-state index in [1.54, 1.807) is 12.4 Å². The summed E-state index contributed by atoms with van der Waals surface area (Å²) in [5, 5.41) is 4.09. The van der Waals surface area contributed by atoms with Crippen LogP contribution in [-0.4, -0.2) is 53.5 Å². The highest BCUT2D eigenvalue weighted by atomic mass is 32.1. The average molecular weight is 437 g/mol. The topological polar surface area (TPSA) is 67.4 Å². The quantitative estimate of drug-likeness (QED) is 0.378. The van der Waals surface area contributed by atoms with Gasteiger partial charge in [0.15, 0.2) is 10.9 Å². The maximum Gasteiger partial charge on any atom is 0.188 e. The monoisotopic (exact) mass is 436 g/mol. The molecule has 1 saturated heterocycles. The smallest absolute Gasteiger partial charge is 0.188 e. The van der Waals surface area contributed by atoms with Crippen molar-refractivity contribution in [2.45, 2.75) is 26.2 Å². The van der Waals surface area contributed by atoms with Crippen LogP contribution in [0.3, 0.4) is 0 Å². The zero-order valence-corrected chi connectivity index (χ0v) is 18.7. The van der Waals surface area contributed by atoms with Crippen LogP contribution in [0.2, 0.25) is 0 Å². The SMILES string of the molecule is Cc1cccc(Nc2nc(-c3ccncc3)c(C(=O)CCCCN3CCOCC3)s2)c1. The number of aryl methyl sites for hydroxylation is 1. The van der Waals surface area contributed by atoms with Gasteiger partial charge in [0, 0.05) is 43.2 Å². The molecule has 162 valence electrons. The number of pyridine rings is 1. The van der Waals surface area contributed by atoms with Crippen LogP contribution in [-0.2, 0) is 4.74 Å². The molecule has 6 nitrogen and oxygen atoms in total. The minimum Gasteiger partial charge on any atom is -0.379 e. The van der Waals surface area contributed by atoms with E-state index in [-0.39, 0.29) is 5.78 Å². The number of benzene rings is 1. The summed E-state index contributed by atoms with van der Waals surface area (Å²) in [4.78, 5) is 25.1. The van der Waals surface area contributed by atoms with Gasteiger partial charge in [-0.15, -0.1) is 0 Å². The van der Waals surface area contributed by atoms with E-state index in [1.807, 2.05) is 24.3 Å². The van der Waals surface area contributed by atoms with Crippen molar-refractivity contribution in [2.75, 3.05) is 38.2 Å². The average Bonchev–Trinajstić information content (AvgIpc) is 3.22. The van der Waals surface area contributed by atoms with E-state index in [0.717, 1.165) is 67.8 Å². The van der Waals surface area contributed by atoms with E-state index in [2.05, 4.69) is 34.3 Å². The van der Waals surface area contributed by atoms with Crippen LogP contribution in [0.25, 0.3) is 11.3 Å². The van der Waals surface area contributed by atoms with Gasteiger partial charge in [-0.1, -0.05) is 23.5 Å². The normalized spacial score (nSPS) is 14.5. The third kappa shape index (κ3) is 5.97. The Labute approximate surface area is 187 Å². The fourth-order valence-electron chi connectivity index (χ4n) is 3.67. The van der Waals surface area contributed by atoms with Crippen LogP contribution in [0.4, 0.5) is 10.8 Å². The van der Waals surface area contributed by atoms with Crippen LogP contribution < -0.4 is 5.32 Å². The van der Waals surface area contributed by atoms with Crippen LogP contribution in [0, 0.1) is 6.92 Å². The van der Waals surface area contributed by atoms with E-state index < -0.39 is 0 Å². The second-order valence-corrected chi connectivity index (χ2v) is 8.76. The maximum absolute atomic E-state index is 13.1. The van der Waals surface area contributed by atoms with Crippen molar-refractivity contribution in [1.82, 2.24) is 14.9 Å². The lowest BCUT2D eigenvalue weighted by Crippen LogP contribution is -2.36. The molecule has 0 aliphatic carbocycles. The summed E-state index contributed by atoms with van der Waals surface area (Å²) in [6.45, 7) is 6.68. The number of carbonyl (C=O) groups excluding carboxylic acids is 1. The van der Waals surface area contributed by atoms with Gasteiger partial charge in [0.2, 0.25) is 0 Å². The van der Waals surface area contributed by atoms with Gasteiger partial charge in [0.25, 0.3) is 0 Å². The molecule has 0 unspecified atom stereocenters. The molecule has 1 aliphatic heterocycles. The fourth-order valence-corrected chi connectivity index (χ4v) is 4.65. The molecular formula is C24H28N4O2S. The van der Waals surface area contributed by atoms with Gasteiger partial charge in [0.1, 0.15) is 4.88 Å². The highest BCUT2D eigenvalue weighted by molar-refractivity contribution is 7.18. The van der Waals surface area contributed by atoms with Crippen molar-refractivity contribution in [3.63, 3.8) is 0 Å². The molecular weight excluding hydrogens is 408 g/mol. The van der Waals surface area contributed by atoms with E-state index in [4.69, 9.17) is 9.72 Å². The molecule has 0 bridgehead atoms. The van der Waals surface area contributed by atoms with E-state index >= 15 is 0 Å². The summed E-state index contributed by atoms with van der Waals surface area (Å²) < 4.78 is 5.40. The molecule has 0 spiro atoms. The zero-order valence-electron chi connectivity index (χ0n) is 17.8. The zero-order chi connectivity index (χ0) is 21.5. The summed E-state index contributed by atoms with van der Waals surface area (Å²) in [5.74, 6) is 0.156. The molecule has 1 aromatic carbocycles. The number of anilines is 2. The van der Waals surface area contributed by atoms with E-state index in [9.17, 15) is 4.79 Å². The number of morpholine rings is 1. The van der Waals surface area contributed by atoms with Gasteiger partial charge in [-0.2, -0.15) is 0 Å². The summed E-state index contributed by atoms with van der Waals surface area (Å²) >= 11 is 1.43. The number of unbranched alkanes of at least 4 members (excludes halogenated alkanes) is 1. The predicted molar refractivity (Wildman–Crippen MR) is 125 cm³/mol. The fraction of sp³-hybridized carbons (Fsp3) is 0.375. The molecule has 0 atom stereocenters. The second kappa shape index (κ2) is 10.6. The Kier molecular flexibility index (Phi) is 7.40. The first-order valence-electron chi connectivity index (χ1n) is 10.8. The Balaban J connectivity index is 1.45. The largest absolute Gasteiger partial charge is 0.379 e. The minimum atomic E-state index is 0.156. The number of hydrogen-bond acceptors (Lipinski definition) is 7. The standard InChI is InChI=1S/C24H28N4O2S/c1-18-5-4-6-20(17-18)26-24-27-22(19-8-10-25-11-9-19)23(31-24)21(29)7-2-3-12-28-13-15-30-16-14-28/h4-6,8-11,17H,2-3,7,12-16H2,1H3,(H,26,27). The molecule has 7 heteroatoms. The lowest BCUT2D eigenvalue weighted by molar-refractivity contribution is 0.0371. The van der Waals surface area contributed by atoms with Crippen molar-refractivity contribution in [1.29, 1.82) is 0 Å². The minimum absolute atomic E-state index is 0.156. The summed E-state index contributed by atoms with van der Waals surface area (Å²) in [7, 11) is 0. The van der Waals surface area contributed by atoms with Crippen molar-refractivity contribution >= 4 is 27.9 Å². The van der Waals surface area contributed by atoms with E-state index in [0.29, 0.717) is 11.3 Å². The van der Waals surface area contributed by atoms with Crippen molar-refractivity contribution in [3.05, 3.63) is 59.2 Å². The molecule has 3 aromatic rings. The molecule has 0 amide bonds. The van der Waals surface area contributed by atoms with Gasteiger partial charge in [-0.3, -0.25) is 14.7 Å². The molecule has 2 aromatic heterocycles. The number of nitrogens with one attached hydrogen (secondary N) is 1. The highest BCUT2D eigenvalue weighted by Gasteiger charge is 2.20. The number of thiazole rings is 1. The molecule has 3 heterocycles. The van der Waals surface area contributed by atoms with Crippen LogP contribution in [0.15, 0.2) is 48.8 Å². The molecule has 1 N–H and O–H groups in total. The lowest BCUT2D eigenvalue weighted by atomic mass is 10.1. The second-order valence-electron chi connectivity index (χ2n) is 7.76. The van der Waals surface area contributed by atoms with Gasteiger partial charge in [0.05, 0.1) is 18.9 Å². The number of ketones is 1. The first-order chi connectivity index (χ1) is 15.2. The van der Waals surface area contributed by atoms with Gasteiger partial charge in [-0.05, 0) is 56.1 Å². The molecule has 1 aliphatic rings. The summed E-state index contributed by atoms with van der Waals surface area (Å²) in [5.41, 5.74) is 3.80. The summed E-state index contributed by atoms with van der Waals surface area (Å²) in [6.07, 6.45) is 5.90. The molecule has 0 saturated carbocycles.